The molecular weight excluding hydrogens is 328 g/mol. The number of hydrogen-bond donors (Lipinski definition) is 1. The number of piperidine rings is 1. The summed E-state index contributed by atoms with van der Waals surface area (Å²) in [6.07, 6.45) is 8.59. The molecule has 0 atom stereocenters. The van der Waals surface area contributed by atoms with E-state index in [1.54, 1.807) is 6.07 Å². The highest BCUT2D eigenvalue weighted by Gasteiger charge is 2.28. The Kier molecular flexibility index (Phi) is 5.78. The van der Waals surface area contributed by atoms with Crippen LogP contribution in [0.5, 0.6) is 0 Å². The molecule has 0 aromatic carbocycles. The van der Waals surface area contributed by atoms with Crippen molar-refractivity contribution in [2.24, 2.45) is 5.92 Å². The fourth-order valence-corrected chi connectivity index (χ4v) is 6.24. The van der Waals surface area contributed by atoms with E-state index >= 15 is 0 Å². The lowest BCUT2D eigenvalue weighted by Gasteiger charge is -2.36. The zero-order valence-corrected chi connectivity index (χ0v) is 15.6. The Morgan fingerprint density at radius 1 is 1.17 bits per heavy atom. The van der Waals surface area contributed by atoms with Crippen LogP contribution in [0.25, 0.3) is 0 Å². The molecule has 1 aliphatic heterocycles. The third-order valence-electron chi connectivity index (χ3n) is 5.30. The summed E-state index contributed by atoms with van der Waals surface area (Å²) in [5.41, 5.74) is 0. The smallest absolute Gasteiger partial charge is 0.250 e. The van der Waals surface area contributed by atoms with Crippen LogP contribution in [0.4, 0.5) is 0 Å². The second kappa shape index (κ2) is 7.64. The standard InChI is InChI=1S/C17H28N2O2S2/c1-2-16-7-8-17(22-16)23(20,21)18-13-14-9-11-19(12-10-14)15-5-3-4-6-15/h7-8,14-15,18H,2-6,9-13H2,1H3. The predicted octanol–water partition coefficient (Wildman–Crippen LogP) is 3.24. The molecule has 0 spiro atoms. The highest BCUT2D eigenvalue weighted by atomic mass is 32.2. The number of aryl methyl sites for hydroxylation is 1. The Bertz CT molecular complexity index is 598. The fraction of sp³-hybridized carbons (Fsp3) is 0.765. The summed E-state index contributed by atoms with van der Waals surface area (Å²) in [5.74, 6) is 0.480. The SMILES string of the molecule is CCc1ccc(S(=O)(=O)NCC2CCN(C3CCCC3)CC2)s1. The first kappa shape index (κ1) is 17.4. The van der Waals surface area contributed by atoms with Gasteiger partial charge < -0.3 is 4.90 Å². The van der Waals surface area contributed by atoms with E-state index in [9.17, 15) is 8.42 Å². The van der Waals surface area contributed by atoms with Gasteiger partial charge in [0.05, 0.1) is 0 Å². The van der Waals surface area contributed by atoms with Crippen molar-refractivity contribution in [3.05, 3.63) is 17.0 Å². The summed E-state index contributed by atoms with van der Waals surface area (Å²) in [6, 6.07) is 4.44. The lowest BCUT2D eigenvalue weighted by Crippen LogP contribution is -2.42. The maximum atomic E-state index is 12.4. The molecule has 1 aromatic rings. The van der Waals surface area contributed by atoms with Gasteiger partial charge in [-0.25, -0.2) is 13.1 Å². The monoisotopic (exact) mass is 356 g/mol. The van der Waals surface area contributed by atoms with Crippen molar-refractivity contribution in [1.29, 1.82) is 0 Å². The Morgan fingerprint density at radius 2 is 1.87 bits per heavy atom. The topological polar surface area (TPSA) is 49.4 Å². The Hall–Kier alpha value is -0.430. The molecule has 1 saturated carbocycles. The average Bonchev–Trinajstić information content (AvgIpc) is 3.25. The number of thiophene rings is 1. The van der Waals surface area contributed by atoms with Crippen molar-refractivity contribution >= 4 is 21.4 Å². The molecule has 0 bridgehead atoms. The molecule has 2 aliphatic rings. The van der Waals surface area contributed by atoms with Crippen LogP contribution in [0.1, 0.15) is 50.3 Å². The molecular formula is C17H28N2O2S2. The first-order valence-electron chi connectivity index (χ1n) is 8.91. The first-order valence-corrected chi connectivity index (χ1v) is 11.2. The summed E-state index contributed by atoms with van der Waals surface area (Å²) in [5, 5.41) is 0. The third-order valence-corrected chi connectivity index (χ3v) is 8.45. The van der Waals surface area contributed by atoms with Crippen LogP contribution in [0.2, 0.25) is 0 Å². The minimum absolute atomic E-state index is 0.456. The summed E-state index contributed by atoms with van der Waals surface area (Å²) in [6.45, 7) is 4.90. The van der Waals surface area contributed by atoms with Crippen LogP contribution in [0, 0.1) is 5.92 Å². The highest BCUT2D eigenvalue weighted by Crippen LogP contribution is 2.28. The van der Waals surface area contributed by atoms with Gasteiger partial charge in [-0.2, -0.15) is 0 Å². The molecule has 1 saturated heterocycles. The molecule has 4 nitrogen and oxygen atoms in total. The molecule has 1 N–H and O–H groups in total. The van der Waals surface area contributed by atoms with Gasteiger partial charge in [0.15, 0.2) is 0 Å². The van der Waals surface area contributed by atoms with Crippen LogP contribution >= 0.6 is 11.3 Å². The molecule has 1 aromatic heterocycles. The van der Waals surface area contributed by atoms with E-state index in [-0.39, 0.29) is 0 Å². The number of likely N-dealkylation sites (tertiary alicyclic amines) is 1. The largest absolute Gasteiger partial charge is 0.300 e. The molecule has 0 radical (unpaired) electrons. The Balaban J connectivity index is 1.47. The molecule has 2 heterocycles. The minimum Gasteiger partial charge on any atom is -0.300 e. The fourth-order valence-electron chi connectivity index (χ4n) is 3.78. The molecule has 2 fully saturated rings. The van der Waals surface area contributed by atoms with Crippen molar-refractivity contribution in [3.8, 4) is 0 Å². The number of hydrogen-bond acceptors (Lipinski definition) is 4. The molecule has 6 heteroatoms. The average molecular weight is 357 g/mol. The van der Waals surface area contributed by atoms with Gasteiger partial charge in [-0.1, -0.05) is 19.8 Å². The van der Waals surface area contributed by atoms with E-state index in [0.29, 0.717) is 16.7 Å². The minimum atomic E-state index is -3.32. The van der Waals surface area contributed by atoms with E-state index < -0.39 is 10.0 Å². The highest BCUT2D eigenvalue weighted by molar-refractivity contribution is 7.91. The van der Waals surface area contributed by atoms with Crippen molar-refractivity contribution in [2.75, 3.05) is 19.6 Å². The number of nitrogens with one attached hydrogen (secondary N) is 1. The van der Waals surface area contributed by atoms with E-state index in [1.165, 1.54) is 37.0 Å². The molecule has 0 amide bonds. The van der Waals surface area contributed by atoms with Gasteiger partial charge in [-0.3, -0.25) is 0 Å². The van der Waals surface area contributed by atoms with Gasteiger partial charge >= 0.3 is 0 Å². The Labute approximate surface area is 144 Å². The third kappa shape index (κ3) is 4.35. The molecule has 23 heavy (non-hydrogen) atoms. The molecule has 1 aliphatic carbocycles. The summed E-state index contributed by atoms with van der Waals surface area (Å²) in [7, 11) is -3.32. The number of sulfonamides is 1. The van der Waals surface area contributed by atoms with Gasteiger partial charge in [-0.05, 0) is 63.2 Å². The Morgan fingerprint density at radius 3 is 2.48 bits per heavy atom. The normalized spacial score (nSPS) is 22.0. The van der Waals surface area contributed by atoms with E-state index in [4.69, 9.17) is 0 Å². The molecule has 130 valence electrons. The van der Waals surface area contributed by atoms with Crippen molar-refractivity contribution < 1.29 is 8.42 Å². The second-order valence-corrected chi connectivity index (χ2v) is 10.0. The van der Waals surface area contributed by atoms with E-state index in [0.717, 1.165) is 43.3 Å². The van der Waals surface area contributed by atoms with Gasteiger partial charge in [0, 0.05) is 17.5 Å². The van der Waals surface area contributed by atoms with Gasteiger partial charge in [0.1, 0.15) is 4.21 Å². The molecule has 0 unspecified atom stereocenters. The maximum absolute atomic E-state index is 12.4. The summed E-state index contributed by atoms with van der Waals surface area (Å²) >= 11 is 1.38. The van der Waals surface area contributed by atoms with E-state index in [2.05, 4.69) is 9.62 Å². The van der Waals surface area contributed by atoms with Crippen LogP contribution in [0.15, 0.2) is 16.3 Å². The van der Waals surface area contributed by atoms with Crippen LogP contribution in [-0.4, -0.2) is 39.0 Å². The van der Waals surface area contributed by atoms with Crippen LogP contribution in [0.3, 0.4) is 0 Å². The predicted molar refractivity (Wildman–Crippen MR) is 95.4 cm³/mol. The zero-order valence-electron chi connectivity index (χ0n) is 14.0. The maximum Gasteiger partial charge on any atom is 0.250 e. The number of nitrogens with zero attached hydrogens (tertiary/aromatic N) is 1. The number of rotatable bonds is 6. The van der Waals surface area contributed by atoms with Crippen molar-refractivity contribution in [2.45, 2.75) is 62.1 Å². The van der Waals surface area contributed by atoms with Crippen LogP contribution < -0.4 is 4.72 Å². The zero-order chi connectivity index (χ0) is 16.3. The quantitative estimate of drug-likeness (QED) is 0.851. The van der Waals surface area contributed by atoms with Gasteiger partial charge in [-0.15, -0.1) is 11.3 Å². The van der Waals surface area contributed by atoms with E-state index in [1.807, 2.05) is 13.0 Å². The van der Waals surface area contributed by atoms with Crippen LogP contribution in [-0.2, 0) is 16.4 Å². The van der Waals surface area contributed by atoms with Crippen molar-refractivity contribution in [1.82, 2.24) is 9.62 Å². The van der Waals surface area contributed by atoms with Crippen molar-refractivity contribution in [3.63, 3.8) is 0 Å². The van der Waals surface area contributed by atoms with Gasteiger partial charge in [0.25, 0.3) is 0 Å². The lowest BCUT2D eigenvalue weighted by molar-refractivity contribution is 0.135. The second-order valence-electron chi connectivity index (χ2n) is 6.84. The summed E-state index contributed by atoms with van der Waals surface area (Å²) < 4.78 is 28.0. The first-order chi connectivity index (χ1) is 11.1. The summed E-state index contributed by atoms with van der Waals surface area (Å²) in [4.78, 5) is 3.75. The molecule has 3 rings (SSSR count). The van der Waals surface area contributed by atoms with Gasteiger partial charge in [0.2, 0.25) is 10.0 Å². The lowest BCUT2D eigenvalue weighted by atomic mass is 9.96.